The molecule has 2 rings (SSSR count). The highest BCUT2D eigenvalue weighted by atomic mass is 16.6. The number of benzene rings is 2. The molecule has 0 atom stereocenters. The number of carbonyl (C=O) groups is 1. The number of rotatable bonds is 10. The fraction of sp³-hybridized carbons (Fsp3) is 0.273. The average Bonchev–Trinajstić information content (AvgIpc) is 2.78. The molecule has 8 nitrogen and oxygen atoms in total. The highest BCUT2D eigenvalue weighted by Crippen LogP contribution is 2.13. The van der Waals surface area contributed by atoms with Crippen molar-refractivity contribution in [3.63, 3.8) is 0 Å². The van der Waals surface area contributed by atoms with Gasteiger partial charge in [-0.25, -0.2) is 4.79 Å². The average molecular weight is 411 g/mol. The van der Waals surface area contributed by atoms with E-state index in [4.69, 9.17) is 19.2 Å². The molecule has 0 unspecified atom stereocenters. The summed E-state index contributed by atoms with van der Waals surface area (Å²) >= 11 is 0. The third-order valence-corrected chi connectivity index (χ3v) is 4.09. The van der Waals surface area contributed by atoms with E-state index in [0.29, 0.717) is 29.0 Å². The monoisotopic (exact) mass is 411 g/mol. The number of hydrogen-bond acceptors (Lipinski definition) is 8. The van der Waals surface area contributed by atoms with Crippen LogP contribution in [0.15, 0.2) is 70.1 Å². The van der Waals surface area contributed by atoms with Crippen LogP contribution in [0.3, 0.4) is 0 Å². The lowest BCUT2D eigenvalue weighted by Gasteiger charge is -2.10. The van der Waals surface area contributed by atoms with Crippen LogP contribution in [-0.2, 0) is 37.1 Å². The van der Waals surface area contributed by atoms with Crippen molar-refractivity contribution >= 4 is 23.1 Å². The standard InChI is InChI=1S/C22H25N3O5/c1-16(20(24-28-3)14-17-10-6-5-7-11-17)23-30-15-18-12-8-9-13-19(18)21(25-29-4)22(26)27-2/h5-13H,14-15H2,1-4H3. The molecule has 0 heterocycles. The van der Waals surface area contributed by atoms with Gasteiger partial charge in [-0.3, -0.25) is 0 Å². The second-order valence-corrected chi connectivity index (χ2v) is 6.10. The van der Waals surface area contributed by atoms with Gasteiger partial charge >= 0.3 is 5.97 Å². The summed E-state index contributed by atoms with van der Waals surface area (Å²) in [6, 6.07) is 17.0. The zero-order chi connectivity index (χ0) is 21.8. The van der Waals surface area contributed by atoms with Gasteiger partial charge in [-0.05, 0) is 12.5 Å². The predicted molar refractivity (Wildman–Crippen MR) is 114 cm³/mol. The first kappa shape index (κ1) is 22.6. The lowest BCUT2D eigenvalue weighted by atomic mass is 10.0. The molecule has 0 fully saturated rings. The Labute approximate surface area is 175 Å². The predicted octanol–water partition coefficient (Wildman–Crippen LogP) is 3.35. The molecule has 0 saturated carbocycles. The van der Waals surface area contributed by atoms with E-state index in [0.717, 1.165) is 5.56 Å². The molecule has 0 saturated heterocycles. The highest BCUT2D eigenvalue weighted by Gasteiger charge is 2.19. The highest BCUT2D eigenvalue weighted by molar-refractivity contribution is 6.43. The fourth-order valence-electron chi connectivity index (χ4n) is 2.64. The number of carbonyl (C=O) groups excluding carboxylic acids is 1. The SMILES string of the molecule is CON=C(Cc1ccccc1)C(C)=NOCc1ccccc1C(=NOC)C(=O)OC. The smallest absolute Gasteiger partial charge is 0.360 e. The zero-order valence-corrected chi connectivity index (χ0v) is 17.5. The molecule has 30 heavy (non-hydrogen) atoms. The van der Waals surface area contributed by atoms with Gasteiger partial charge in [0.25, 0.3) is 0 Å². The number of methoxy groups -OCH3 is 1. The first-order valence-electron chi connectivity index (χ1n) is 9.19. The minimum absolute atomic E-state index is 0.0469. The summed E-state index contributed by atoms with van der Waals surface area (Å²) in [6.07, 6.45) is 0.553. The number of ether oxygens (including phenoxy) is 1. The van der Waals surface area contributed by atoms with E-state index in [9.17, 15) is 4.79 Å². The van der Waals surface area contributed by atoms with E-state index in [2.05, 4.69) is 15.5 Å². The Hall–Kier alpha value is -3.68. The van der Waals surface area contributed by atoms with Crippen LogP contribution in [-0.4, -0.2) is 44.4 Å². The summed E-state index contributed by atoms with van der Waals surface area (Å²) in [6.45, 7) is 1.90. The Morgan fingerprint density at radius 2 is 1.53 bits per heavy atom. The topological polar surface area (TPSA) is 91.1 Å². The van der Waals surface area contributed by atoms with Crippen molar-refractivity contribution in [1.82, 2.24) is 0 Å². The van der Waals surface area contributed by atoms with Crippen molar-refractivity contribution in [1.29, 1.82) is 0 Å². The molecule has 2 aromatic rings. The Morgan fingerprint density at radius 3 is 2.20 bits per heavy atom. The van der Waals surface area contributed by atoms with E-state index in [-0.39, 0.29) is 12.3 Å². The van der Waals surface area contributed by atoms with Gasteiger partial charge in [0.2, 0.25) is 0 Å². The maximum absolute atomic E-state index is 12.0. The maximum Gasteiger partial charge on any atom is 0.360 e. The van der Waals surface area contributed by atoms with Crippen molar-refractivity contribution in [2.45, 2.75) is 20.0 Å². The van der Waals surface area contributed by atoms with Crippen LogP contribution >= 0.6 is 0 Å². The van der Waals surface area contributed by atoms with Crippen LogP contribution in [0, 0.1) is 0 Å². The molecule has 0 aliphatic carbocycles. The van der Waals surface area contributed by atoms with Crippen molar-refractivity contribution in [2.24, 2.45) is 15.5 Å². The third kappa shape index (κ3) is 6.44. The van der Waals surface area contributed by atoms with Crippen molar-refractivity contribution in [2.75, 3.05) is 21.3 Å². The molecule has 0 aliphatic heterocycles. The Kier molecular flexibility index (Phi) is 9.05. The summed E-state index contributed by atoms with van der Waals surface area (Å²) in [4.78, 5) is 27.3. The van der Waals surface area contributed by atoms with Crippen LogP contribution in [0.25, 0.3) is 0 Å². The van der Waals surface area contributed by atoms with Gasteiger partial charge in [0.1, 0.15) is 32.2 Å². The van der Waals surface area contributed by atoms with E-state index >= 15 is 0 Å². The number of esters is 1. The Balaban J connectivity index is 2.16. The second-order valence-electron chi connectivity index (χ2n) is 6.10. The van der Waals surface area contributed by atoms with E-state index in [1.165, 1.54) is 21.3 Å². The third-order valence-electron chi connectivity index (χ3n) is 4.09. The van der Waals surface area contributed by atoms with Gasteiger partial charge in [-0.1, -0.05) is 70.1 Å². The van der Waals surface area contributed by atoms with Gasteiger partial charge < -0.3 is 19.2 Å². The van der Waals surface area contributed by atoms with Crippen LogP contribution in [0.2, 0.25) is 0 Å². The van der Waals surface area contributed by atoms with Gasteiger partial charge in [0.15, 0.2) is 5.71 Å². The summed E-state index contributed by atoms with van der Waals surface area (Å²) in [5, 5.41) is 12.0. The van der Waals surface area contributed by atoms with Gasteiger partial charge in [-0.2, -0.15) is 0 Å². The van der Waals surface area contributed by atoms with Crippen LogP contribution in [0.5, 0.6) is 0 Å². The zero-order valence-electron chi connectivity index (χ0n) is 17.5. The molecule has 158 valence electrons. The first-order chi connectivity index (χ1) is 14.6. The number of oxime groups is 3. The molecule has 0 radical (unpaired) electrons. The molecule has 8 heteroatoms. The normalized spacial score (nSPS) is 12.3. The molecule has 0 N–H and O–H groups in total. The second kappa shape index (κ2) is 12.0. The fourth-order valence-corrected chi connectivity index (χ4v) is 2.64. The molecular formula is C22H25N3O5. The molecule has 0 aliphatic rings. The minimum Gasteiger partial charge on any atom is -0.464 e. The van der Waals surface area contributed by atoms with Crippen molar-refractivity contribution in [3.05, 3.63) is 71.3 Å². The van der Waals surface area contributed by atoms with Crippen LogP contribution in [0.4, 0.5) is 0 Å². The minimum atomic E-state index is -0.610. The molecule has 0 amide bonds. The van der Waals surface area contributed by atoms with E-state index < -0.39 is 5.97 Å². The first-order valence-corrected chi connectivity index (χ1v) is 9.19. The molecule has 0 spiro atoms. The van der Waals surface area contributed by atoms with Crippen molar-refractivity contribution in [3.8, 4) is 0 Å². The molecule has 2 aromatic carbocycles. The number of nitrogens with zero attached hydrogens (tertiary/aromatic N) is 3. The van der Waals surface area contributed by atoms with E-state index in [1.807, 2.05) is 42.5 Å². The molecule has 0 aromatic heterocycles. The van der Waals surface area contributed by atoms with E-state index in [1.54, 1.807) is 19.1 Å². The lowest BCUT2D eigenvalue weighted by molar-refractivity contribution is -0.132. The Bertz CT molecular complexity index is 923. The van der Waals surface area contributed by atoms with Gasteiger partial charge in [0.05, 0.1) is 7.11 Å². The maximum atomic E-state index is 12.0. The summed E-state index contributed by atoms with van der Waals surface area (Å²) in [5.74, 6) is -0.610. The summed E-state index contributed by atoms with van der Waals surface area (Å²) < 4.78 is 4.78. The van der Waals surface area contributed by atoms with Crippen LogP contribution < -0.4 is 0 Å². The summed E-state index contributed by atoms with van der Waals surface area (Å²) in [5.41, 5.74) is 3.58. The Morgan fingerprint density at radius 1 is 0.867 bits per heavy atom. The lowest BCUT2D eigenvalue weighted by Crippen LogP contribution is -2.19. The summed E-state index contributed by atoms with van der Waals surface area (Å²) in [7, 11) is 4.13. The number of hydrogen-bond donors (Lipinski definition) is 0. The van der Waals surface area contributed by atoms with Gasteiger partial charge in [-0.15, -0.1) is 0 Å². The largest absolute Gasteiger partial charge is 0.464 e. The van der Waals surface area contributed by atoms with Gasteiger partial charge in [0, 0.05) is 17.5 Å². The quantitative estimate of drug-likeness (QED) is 0.340. The van der Waals surface area contributed by atoms with Crippen molar-refractivity contribution < 1.29 is 24.0 Å². The molecular weight excluding hydrogens is 386 g/mol. The van der Waals surface area contributed by atoms with Crippen LogP contribution in [0.1, 0.15) is 23.6 Å². The molecule has 0 bridgehead atoms.